The van der Waals surface area contributed by atoms with E-state index in [1.165, 1.54) is 24.3 Å². The number of nitrogens with zero attached hydrogens (tertiary/aromatic N) is 2. The van der Waals surface area contributed by atoms with Gasteiger partial charge >= 0.3 is 5.51 Å². The molecule has 0 saturated carbocycles. The zero-order valence-electron chi connectivity index (χ0n) is 11.3. The maximum absolute atomic E-state index is 12.3. The van der Waals surface area contributed by atoms with Crippen molar-refractivity contribution in [3.05, 3.63) is 48.0 Å². The molecule has 0 aliphatic carbocycles. The van der Waals surface area contributed by atoms with Crippen LogP contribution >= 0.6 is 11.8 Å². The van der Waals surface area contributed by atoms with Crippen molar-refractivity contribution in [1.29, 1.82) is 0 Å². The molecule has 0 aliphatic heterocycles. The van der Waals surface area contributed by atoms with Crippen molar-refractivity contribution >= 4 is 11.8 Å². The Morgan fingerprint density at radius 1 is 1.29 bits per heavy atom. The normalized spacial score (nSPS) is 13.4. The molecular weight excluding hydrogens is 301 g/mol. The number of rotatable bonds is 5. The van der Waals surface area contributed by atoms with Crippen LogP contribution in [0.25, 0.3) is 0 Å². The van der Waals surface area contributed by atoms with Gasteiger partial charge in [-0.25, -0.2) is 4.98 Å². The summed E-state index contributed by atoms with van der Waals surface area (Å²) >= 11 is -0.173. The third kappa shape index (κ3) is 4.25. The number of hydrogen-bond acceptors (Lipinski definition) is 3. The van der Waals surface area contributed by atoms with Gasteiger partial charge in [-0.1, -0.05) is 19.1 Å². The number of aryl methyl sites for hydroxylation is 1. The molecule has 1 atom stereocenters. The summed E-state index contributed by atoms with van der Waals surface area (Å²) in [5.74, 6) is 0.494. The first-order valence-corrected chi connectivity index (χ1v) is 7.27. The molecule has 21 heavy (non-hydrogen) atoms. The summed E-state index contributed by atoms with van der Waals surface area (Å²) in [7, 11) is 0. The van der Waals surface area contributed by atoms with E-state index in [0.29, 0.717) is 11.4 Å². The average molecular weight is 316 g/mol. The molecule has 1 aromatic heterocycles. The van der Waals surface area contributed by atoms with Crippen molar-refractivity contribution in [2.24, 2.45) is 0 Å². The lowest BCUT2D eigenvalue weighted by molar-refractivity contribution is -0.0328. The smallest absolute Gasteiger partial charge is 0.380 e. The van der Waals surface area contributed by atoms with Crippen LogP contribution in [0.3, 0.4) is 0 Å². The van der Waals surface area contributed by atoms with Crippen molar-refractivity contribution in [3.63, 3.8) is 0 Å². The van der Waals surface area contributed by atoms with Gasteiger partial charge in [0, 0.05) is 23.8 Å². The molecule has 0 amide bonds. The van der Waals surface area contributed by atoms with E-state index in [2.05, 4.69) is 4.98 Å². The van der Waals surface area contributed by atoms with E-state index in [9.17, 15) is 18.3 Å². The van der Waals surface area contributed by atoms with Crippen molar-refractivity contribution in [2.45, 2.75) is 36.4 Å². The van der Waals surface area contributed by atoms with Crippen LogP contribution in [0.15, 0.2) is 41.6 Å². The minimum Gasteiger partial charge on any atom is -0.380 e. The summed E-state index contributed by atoms with van der Waals surface area (Å²) in [4.78, 5) is 4.21. The third-order valence-corrected chi connectivity index (χ3v) is 3.63. The van der Waals surface area contributed by atoms with Gasteiger partial charge in [-0.15, -0.1) is 0 Å². The van der Waals surface area contributed by atoms with Crippen molar-refractivity contribution in [3.8, 4) is 0 Å². The van der Waals surface area contributed by atoms with Crippen LogP contribution < -0.4 is 0 Å². The Hall–Kier alpha value is -1.47. The molecule has 1 unspecified atom stereocenters. The highest BCUT2D eigenvalue weighted by atomic mass is 32.2. The lowest BCUT2D eigenvalue weighted by Gasteiger charge is -2.14. The highest BCUT2D eigenvalue weighted by molar-refractivity contribution is 8.00. The van der Waals surface area contributed by atoms with Crippen molar-refractivity contribution in [1.82, 2.24) is 9.55 Å². The average Bonchev–Trinajstić information content (AvgIpc) is 2.86. The molecule has 1 N–H and O–H groups in total. The molecule has 1 heterocycles. The van der Waals surface area contributed by atoms with Gasteiger partial charge < -0.3 is 9.67 Å². The van der Waals surface area contributed by atoms with E-state index in [4.69, 9.17) is 0 Å². The number of alkyl halides is 3. The number of aromatic nitrogens is 2. The minimum atomic E-state index is -4.31. The Labute approximate surface area is 124 Å². The summed E-state index contributed by atoms with van der Waals surface area (Å²) in [5.41, 5.74) is -3.79. The van der Waals surface area contributed by atoms with Gasteiger partial charge in [0.1, 0.15) is 11.9 Å². The Balaban J connectivity index is 2.16. The van der Waals surface area contributed by atoms with Gasteiger partial charge in [-0.3, -0.25) is 0 Å². The van der Waals surface area contributed by atoms with Crippen LogP contribution in [0.5, 0.6) is 0 Å². The third-order valence-electron chi connectivity index (χ3n) is 2.89. The maximum Gasteiger partial charge on any atom is 0.446 e. The molecule has 0 aliphatic rings. The van der Waals surface area contributed by atoms with Gasteiger partial charge in [0.2, 0.25) is 0 Å². The van der Waals surface area contributed by atoms with Gasteiger partial charge in [-0.2, -0.15) is 13.2 Å². The van der Waals surface area contributed by atoms with Crippen molar-refractivity contribution < 1.29 is 18.3 Å². The highest BCUT2D eigenvalue weighted by Gasteiger charge is 2.29. The minimum absolute atomic E-state index is 0.0929. The molecule has 0 fully saturated rings. The van der Waals surface area contributed by atoms with E-state index >= 15 is 0 Å². The first kappa shape index (κ1) is 15.9. The van der Waals surface area contributed by atoms with Crippen molar-refractivity contribution in [2.75, 3.05) is 0 Å². The fraction of sp³-hybridized carbons (Fsp3) is 0.357. The lowest BCUT2D eigenvalue weighted by Crippen LogP contribution is -2.09. The summed E-state index contributed by atoms with van der Waals surface area (Å²) in [6, 6.07) is 5.68. The largest absolute Gasteiger partial charge is 0.446 e. The number of thioether (sulfide) groups is 1. The topological polar surface area (TPSA) is 38.0 Å². The number of hydrogen-bond donors (Lipinski definition) is 1. The fourth-order valence-electron chi connectivity index (χ4n) is 2.00. The van der Waals surface area contributed by atoms with E-state index in [-0.39, 0.29) is 16.7 Å². The highest BCUT2D eigenvalue weighted by Crippen LogP contribution is 2.37. The lowest BCUT2D eigenvalue weighted by atomic mass is 10.1. The number of imidazole rings is 1. The molecule has 1 aromatic carbocycles. The predicted molar refractivity (Wildman–Crippen MR) is 74.9 cm³/mol. The molecule has 7 heteroatoms. The molecule has 0 spiro atoms. The van der Waals surface area contributed by atoms with Crippen LogP contribution in [0.4, 0.5) is 13.2 Å². The maximum atomic E-state index is 12.3. The molecule has 2 rings (SSSR count). The Morgan fingerprint density at radius 2 is 1.95 bits per heavy atom. The Morgan fingerprint density at radius 3 is 2.52 bits per heavy atom. The van der Waals surface area contributed by atoms with Crippen LogP contribution in [0.2, 0.25) is 0 Å². The molecule has 114 valence electrons. The second-order valence-electron chi connectivity index (χ2n) is 4.50. The van der Waals surface area contributed by atoms with E-state index in [1.807, 2.05) is 11.5 Å². The quantitative estimate of drug-likeness (QED) is 0.848. The number of benzene rings is 1. The number of halogens is 3. The molecule has 0 bridgehead atoms. The van der Waals surface area contributed by atoms with E-state index < -0.39 is 11.6 Å². The summed E-state index contributed by atoms with van der Waals surface area (Å²) < 4.78 is 38.6. The van der Waals surface area contributed by atoms with Gasteiger partial charge in [-0.05, 0) is 35.9 Å². The first-order valence-electron chi connectivity index (χ1n) is 6.45. The van der Waals surface area contributed by atoms with Crippen LogP contribution in [0.1, 0.15) is 30.8 Å². The molecule has 0 radical (unpaired) electrons. The second kappa shape index (κ2) is 6.53. The molecule has 3 nitrogen and oxygen atoms in total. The second-order valence-corrected chi connectivity index (χ2v) is 5.64. The standard InChI is InChI=1S/C14H15F3N2OS/c1-2-8-19-9-7-18-13(19)12(20)10-3-5-11(6-4-10)21-14(15,16)17/h3-7,9,12,20H,2,8H2,1H3. The Kier molecular flexibility index (Phi) is 4.95. The van der Waals surface area contributed by atoms with Crippen LogP contribution in [0, 0.1) is 0 Å². The number of aliphatic hydroxyl groups excluding tert-OH is 1. The monoisotopic (exact) mass is 316 g/mol. The molecule has 0 saturated heterocycles. The van der Waals surface area contributed by atoms with E-state index in [1.54, 1.807) is 12.4 Å². The zero-order valence-corrected chi connectivity index (χ0v) is 12.2. The Bertz CT molecular complexity index is 581. The van der Waals surface area contributed by atoms with Crippen LogP contribution in [-0.4, -0.2) is 20.2 Å². The SMILES string of the molecule is CCCn1ccnc1C(O)c1ccc(SC(F)(F)F)cc1. The summed E-state index contributed by atoms with van der Waals surface area (Å²) in [5, 5.41) is 10.3. The van der Waals surface area contributed by atoms with Gasteiger partial charge in [0.15, 0.2) is 0 Å². The van der Waals surface area contributed by atoms with E-state index in [0.717, 1.165) is 13.0 Å². The number of aliphatic hydroxyl groups is 1. The molecular formula is C14H15F3N2OS. The van der Waals surface area contributed by atoms with Gasteiger partial charge in [0.05, 0.1) is 0 Å². The first-order chi connectivity index (χ1) is 9.90. The zero-order chi connectivity index (χ0) is 15.5. The summed E-state index contributed by atoms with van der Waals surface area (Å²) in [6.07, 6.45) is 3.33. The predicted octanol–water partition coefficient (Wildman–Crippen LogP) is 3.99. The molecule has 2 aromatic rings. The van der Waals surface area contributed by atoms with Gasteiger partial charge in [0.25, 0.3) is 0 Å². The summed E-state index contributed by atoms with van der Waals surface area (Å²) in [6.45, 7) is 2.74. The van der Waals surface area contributed by atoms with Crippen LogP contribution in [-0.2, 0) is 6.54 Å². The fourth-order valence-corrected chi connectivity index (χ4v) is 2.54.